The Hall–Kier alpha value is -2.70. The van der Waals surface area contributed by atoms with Crippen LogP contribution in [0.2, 0.25) is 0 Å². The third-order valence-corrected chi connectivity index (χ3v) is 11.0. The molecule has 60 heavy (non-hydrogen) atoms. The van der Waals surface area contributed by atoms with E-state index in [0.29, 0.717) is 19.3 Å². The number of amides is 1. The highest BCUT2D eigenvalue weighted by atomic mass is 16.5. The SMILES string of the molecule is CC/C=C/C/C=C/C/C=C/C/C=C/C/C=C/CCC(=O)OC(CCCCC/C=C\CCC)CC(=O)NC(CO)C(O)CCCCCCCCCCCCCCCCCCC. The molecule has 1 amide bonds. The van der Waals surface area contributed by atoms with Crippen LogP contribution >= 0.6 is 0 Å². The van der Waals surface area contributed by atoms with E-state index in [0.717, 1.165) is 89.9 Å². The molecule has 0 aliphatic rings. The average molecular weight is 838 g/mol. The van der Waals surface area contributed by atoms with Gasteiger partial charge in [-0.25, -0.2) is 0 Å². The second-order valence-corrected chi connectivity index (χ2v) is 16.8. The number of hydrogen-bond acceptors (Lipinski definition) is 5. The van der Waals surface area contributed by atoms with E-state index >= 15 is 0 Å². The van der Waals surface area contributed by atoms with Gasteiger partial charge in [0.05, 0.1) is 25.2 Å². The zero-order valence-corrected chi connectivity index (χ0v) is 39.3. The van der Waals surface area contributed by atoms with Crippen molar-refractivity contribution in [2.75, 3.05) is 6.61 Å². The molecule has 346 valence electrons. The summed E-state index contributed by atoms with van der Waals surface area (Å²) in [6.45, 7) is 6.28. The molecule has 0 saturated heterocycles. The van der Waals surface area contributed by atoms with Crippen molar-refractivity contribution in [1.29, 1.82) is 0 Å². The van der Waals surface area contributed by atoms with Gasteiger partial charge in [-0.3, -0.25) is 9.59 Å². The van der Waals surface area contributed by atoms with Crippen molar-refractivity contribution >= 4 is 11.9 Å². The fraction of sp³-hybridized carbons (Fsp3) is 0.741. The molecule has 3 N–H and O–H groups in total. The summed E-state index contributed by atoms with van der Waals surface area (Å²) in [7, 11) is 0. The Morgan fingerprint density at radius 1 is 0.500 bits per heavy atom. The molecule has 3 unspecified atom stereocenters. The Morgan fingerprint density at radius 3 is 1.43 bits per heavy atom. The first-order valence-corrected chi connectivity index (χ1v) is 25.2. The predicted molar refractivity (Wildman–Crippen MR) is 259 cm³/mol. The molecule has 0 heterocycles. The highest BCUT2D eigenvalue weighted by Crippen LogP contribution is 2.17. The van der Waals surface area contributed by atoms with Gasteiger partial charge in [-0.05, 0) is 77.0 Å². The minimum atomic E-state index is -0.805. The summed E-state index contributed by atoms with van der Waals surface area (Å²) in [5, 5.41) is 23.7. The van der Waals surface area contributed by atoms with Gasteiger partial charge in [-0.15, -0.1) is 0 Å². The number of carbonyl (C=O) groups excluding carboxylic acids is 2. The maximum absolute atomic E-state index is 13.1. The van der Waals surface area contributed by atoms with E-state index in [4.69, 9.17) is 4.74 Å². The third kappa shape index (κ3) is 42.0. The van der Waals surface area contributed by atoms with Crippen LogP contribution in [0.3, 0.4) is 0 Å². The topological polar surface area (TPSA) is 95.9 Å². The first-order chi connectivity index (χ1) is 29.5. The van der Waals surface area contributed by atoms with Gasteiger partial charge < -0.3 is 20.3 Å². The summed E-state index contributed by atoms with van der Waals surface area (Å²) in [4.78, 5) is 26.0. The van der Waals surface area contributed by atoms with E-state index in [1.807, 2.05) is 6.08 Å². The lowest BCUT2D eigenvalue weighted by molar-refractivity contribution is -0.150. The van der Waals surface area contributed by atoms with Crippen LogP contribution in [0, 0.1) is 0 Å². The van der Waals surface area contributed by atoms with Crippen LogP contribution in [0.15, 0.2) is 72.9 Å². The fourth-order valence-corrected chi connectivity index (χ4v) is 7.25. The minimum absolute atomic E-state index is 0.0339. The first-order valence-electron chi connectivity index (χ1n) is 25.2. The van der Waals surface area contributed by atoms with Crippen molar-refractivity contribution in [3.8, 4) is 0 Å². The number of aliphatic hydroxyl groups excluding tert-OH is 2. The van der Waals surface area contributed by atoms with Gasteiger partial charge in [0, 0.05) is 6.42 Å². The number of nitrogens with one attached hydrogen (secondary N) is 1. The first kappa shape index (κ1) is 57.3. The summed E-state index contributed by atoms with van der Waals surface area (Å²) in [5.74, 6) is -0.595. The molecule has 6 nitrogen and oxygen atoms in total. The predicted octanol–water partition coefficient (Wildman–Crippen LogP) is 15.0. The number of hydrogen-bond donors (Lipinski definition) is 3. The van der Waals surface area contributed by atoms with Crippen molar-refractivity contribution in [3.63, 3.8) is 0 Å². The van der Waals surface area contributed by atoms with Crippen LogP contribution in [-0.2, 0) is 14.3 Å². The molecule has 0 aliphatic carbocycles. The molecule has 6 heteroatoms. The van der Waals surface area contributed by atoms with E-state index < -0.39 is 18.2 Å². The number of aliphatic hydroxyl groups is 2. The standard InChI is InChI=1S/C54H95NO5/c1-4-7-10-13-16-19-21-23-25-27-28-30-32-34-37-40-43-46-52(57)51(49-56)55-53(58)48-50(45-42-39-36-18-15-12-9-6-3)60-54(59)47-44-41-38-35-33-31-29-26-24-22-20-17-14-11-8-5-2/h8,11-12,15,17,20,24,26,31,33,38,41,50-52,56-57H,4-7,9-10,13-14,16,18-19,21-23,25,27-30,32,34-37,39-40,42-49H2,1-3H3,(H,55,58)/b11-8+,15-12-,20-17+,26-24+,33-31+,41-38+. The van der Waals surface area contributed by atoms with Gasteiger partial charge in [-0.2, -0.15) is 0 Å². The maximum Gasteiger partial charge on any atom is 0.306 e. The molecule has 0 aliphatic heterocycles. The monoisotopic (exact) mass is 838 g/mol. The Labute approximate surface area is 371 Å². The highest BCUT2D eigenvalue weighted by molar-refractivity contribution is 5.77. The lowest BCUT2D eigenvalue weighted by Gasteiger charge is -2.24. The van der Waals surface area contributed by atoms with Crippen molar-refractivity contribution in [1.82, 2.24) is 5.32 Å². The molecule has 0 saturated carbocycles. The van der Waals surface area contributed by atoms with Crippen molar-refractivity contribution in [3.05, 3.63) is 72.9 Å². The van der Waals surface area contributed by atoms with Gasteiger partial charge in [-0.1, -0.05) is 216 Å². The van der Waals surface area contributed by atoms with Gasteiger partial charge in [0.15, 0.2) is 0 Å². The lowest BCUT2D eigenvalue weighted by Crippen LogP contribution is -2.46. The Morgan fingerprint density at radius 2 is 0.933 bits per heavy atom. The molecule has 0 bridgehead atoms. The average Bonchev–Trinajstić information content (AvgIpc) is 3.24. The van der Waals surface area contributed by atoms with E-state index in [1.165, 1.54) is 89.9 Å². The number of esters is 1. The van der Waals surface area contributed by atoms with Crippen molar-refractivity contribution in [2.24, 2.45) is 0 Å². The van der Waals surface area contributed by atoms with Crippen LogP contribution in [0.1, 0.15) is 233 Å². The van der Waals surface area contributed by atoms with Crippen LogP contribution in [-0.4, -0.2) is 46.9 Å². The summed E-state index contributed by atoms with van der Waals surface area (Å²) in [6, 6.07) is -0.722. The smallest absolute Gasteiger partial charge is 0.306 e. The molecule has 3 atom stereocenters. The van der Waals surface area contributed by atoms with Crippen LogP contribution in [0.4, 0.5) is 0 Å². The number of allylic oxidation sites excluding steroid dienone is 12. The zero-order chi connectivity index (χ0) is 43.8. The summed E-state index contributed by atoms with van der Waals surface area (Å²) < 4.78 is 5.85. The second kappa shape index (κ2) is 47.4. The van der Waals surface area contributed by atoms with Crippen LogP contribution < -0.4 is 5.32 Å². The fourth-order valence-electron chi connectivity index (χ4n) is 7.25. The zero-order valence-electron chi connectivity index (χ0n) is 39.3. The largest absolute Gasteiger partial charge is 0.462 e. The molecule has 0 fully saturated rings. The van der Waals surface area contributed by atoms with Gasteiger partial charge in [0.25, 0.3) is 0 Å². The highest BCUT2D eigenvalue weighted by Gasteiger charge is 2.24. The van der Waals surface area contributed by atoms with E-state index in [1.54, 1.807) is 0 Å². The lowest BCUT2D eigenvalue weighted by atomic mass is 10.0. The number of ether oxygens (including phenoxy) is 1. The molecular weight excluding hydrogens is 743 g/mol. The second-order valence-electron chi connectivity index (χ2n) is 16.8. The van der Waals surface area contributed by atoms with E-state index in [2.05, 4.69) is 92.9 Å². The molecule has 0 rings (SSSR count). The van der Waals surface area contributed by atoms with Gasteiger partial charge >= 0.3 is 5.97 Å². The Bertz CT molecular complexity index is 1120. The summed E-state index contributed by atoms with van der Waals surface area (Å²) in [5.41, 5.74) is 0. The van der Waals surface area contributed by atoms with Gasteiger partial charge in [0.1, 0.15) is 6.10 Å². The van der Waals surface area contributed by atoms with Crippen molar-refractivity contribution < 1.29 is 24.5 Å². The summed E-state index contributed by atoms with van der Waals surface area (Å²) >= 11 is 0. The molecule has 0 aromatic rings. The normalized spacial score (nSPS) is 13.9. The van der Waals surface area contributed by atoms with E-state index in [9.17, 15) is 19.8 Å². The van der Waals surface area contributed by atoms with E-state index in [-0.39, 0.29) is 31.3 Å². The van der Waals surface area contributed by atoms with Crippen molar-refractivity contribution in [2.45, 2.75) is 251 Å². The number of unbranched alkanes of at least 4 members (excludes halogenated alkanes) is 20. The molecule has 0 radical (unpaired) electrons. The molecule has 0 aromatic carbocycles. The Kier molecular flexibility index (Phi) is 45.2. The molecule has 0 spiro atoms. The molecule has 0 aromatic heterocycles. The third-order valence-electron chi connectivity index (χ3n) is 11.0. The number of carbonyl (C=O) groups is 2. The molecular formula is C54H95NO5. The maximum atomic E-state index is 13.1. The number of rotatable bonds is 44. The van der Waals surface area contributed by atoms with Crippen LogP contribution in [0.5, 0.6) is 0 Å². The minimum Gasteiger partial charge on any atom is -0.462 e. The van der Waals surface area contributed by atoms with Crippen LogP contribution in [0.25, 0.3) is 0 Å². The quantitative estimate of drug-likeness (QED) is 0.0323. The summed E-state index contributed by atoms with van der Waals surface area (Å²) in [6.07, 6.45) is 59.9. The van der Waals surface area contributed by atoms with Gasteiger partial charge in [0.2, 0.25) is 5.91 Å². The Balaban J connectivity index is 4.50.